The molecule has 2 heterocycles. The Balaban J connectivity index is 1.59. The Morgan fingerprint density at radius 2 is 1.95 bits per heavy atom. The highest BCUT2D eigenvalue weighted by molar-refractivity contribution is 7.12. The zero-order valence-electron chi connectivity index (χ0n) is 12.8. The van der Waals surface area contributed by atoms with Crippen molar-refractivity contribution in [2.45, 2.75) is 63.5 Å². The van der Waals surface area contributed by atoms with Crippen molar-refractivity contribution in [1.29, 1.82) is 0 Å². The Hall–Kier alpha value is -1.42. The first-order valence-electron chi connectivity index (χ1n) is 8.25. The van der Waals surface area contributed by atoms with Crippen LogP contribution in [0.2, 0.25) is 0 Å². The molecule has 22 heavy (non-hydrogen) atoms. The molecule has 4 rings (SSSR count). The molecule has 3 aliphatic rings. The second-order valence-electron chi connectivity index (χ2n) is 6.86. The second-order valence-corrected chi connectivity index (χ2v) is 7.74. The van der Waals surface area contributed by atoms with E-state index in [0.29, 0.717) is 18.9 Å². The van der Waals surface area contributed by atoms with Crippen LogP contribution in [0, 0.1) is 0 Å². The summed E-state index contributed by atoms with van der Waals surface area (Å²) in [6, 6.07) is -0.228. The average Bonchev–Trinajstić information content (AvgIpc) is 3.18. The summed E-state index contributed by atoms with van der Waals surface area (Å²) in [5.74, 6) is 0.881. The lowest BCUT2D eigenvalue weighted by Crippen LogP contribution is -2.43. The minimum Gasteiger partial charge on any atom is -0.323 e. The first-order valence-corrected chi connectivity index (χ1v) is 9.13. The molecule has 0 unspecified atom stereocenters. The minimum atomic E-state index is -0.228. The van der Waals surface area contributed by atoms with Gasteiger partial charge in [-0.25, -0.2) is 0 Å². The molecule has 3 nitrogen and oxygen atoms in total. The third-order valence-corrected chi connectivity index (χ3v) is 6.48. The predicted molar refractivity (Wildman–Crippen MR) is 87.2 cm³/mol. The van der Waals surface area contributed by atoms with Gasteiger partial charge in [-0.15, -0.1) is 11.3 Å². The van der Waals surface area contributed by atoms with Crippen LogP contribution in [0.3, 0.4) is 0 Å². The van der Waals surface area contributed by atoms with E-state index in [2.05, 4.69) is 12.0 Å². The zero-order chi connectivity index (χ0) is 15.3. The Morgan fingerprint density at radius 1 is 1.18 bits per heavy atom. The Bertz CT molecular complexity index is 654. The van der Waals surface area contributed by atoms with Gasteiger partial charge in [-0.2, -0.15) is 0 Å². The topological polar surface area (TPSA) is 37.4 Å². The van der Waals surface area contributed by atoms with Crippen molar-refractivity contribution in [3.63, 3.8) is 0 Å². The van der Waals surface area contributed by atoms with E-state index in [0.717, 1.165) is 23.3 Å². The number of hydrogen-bond donors (Lipinski definition) is 0. The molecule has 0 saturated heterocycles. The number of nitrogens with zero attached hydrogens (tertiary/aromatic N) is 1. The summed E-state index contributed by atoms with van der Waals surface area (Å²) in [6.45, 7) is 4.56. The lowest BCUT2D eigenvalue weighted by molar-refractivity contribution is -0.124. The lowest BCUT2D eigenvalue weighted by atomic mass is 9.89. The van der Waals surface area contributed by atoms with Crippen molar-refractivity contribution in [3.05, 3.63) is 33.5 Å². The molecule has 1 aromatic rings. The van der Waals surface area contributed by atoms with Crippen LogP contribution >= 0.6 is 11.3 Å². The molecule has 1 atom stereocenters. The van der Waals surface area contributed by atoms with Crippen LogP contribution in [0.25, 0.3) is 0 Å². The third-order valence-electron chi connectivity index (χ3n) is 5.45. The zero-order valence-corrected chi connectivity index (χ0v) is 13.6. The quantitative estimate of drug-likeness (QED) is 0.772. The highest BCUT2D eigenvalue weighted by atomic mass is 32.1. The molecule has 4 heteroatoms. The number of thiophene rings is 1. The molecule has 0 aromatic carbocycles. The van der Waals surface area contributed by atoms with Crippen molar-refractivity contribution >= 4 is 23.0 Å². The number of Topliss-reactive ketones (excluding diaryl/α,β-unsaturated/α-hetero) is 1. The molecule has 2 saturated carbocycles. The highest BCUT2D eigenvalue weighted by Crippen LogP contribution is 2.43. The van der Waals surface area contributed by atoms with Crippen molar-refractivity contribution in [3.8, 4) is 0 Å². The van der Waals surface area contributed by atoms with Crippen molar-refractivity contribution < 1.29 is 9.59 Å². The molecule has 0 N–H and O–H groups in total. The van der Waals surface area contributed by atoms with Crippen molar-refractivity contribution in [1.82, 2.24) is 4.90 Å². The molecule has 0 radical (unpaired) electrons. The summed E-state index contributed by atoms with van der Waals surface area (Å²) < 4.78 is 0. The van der Waals surface area contributed by atoms with E-state index in [1.165, 1.54) is 36.8 Å². The molecule has 116 valence electrons. The maximum absolute atomic E-state index is 12.7. The molecular weight excluding hydrogens is 294 g/mol. The maximum Gasteiger partial charge on any atom is 0.265 e. The fourth-order valence-corrected chi connectivity index (χ4v) is 5.35. The standard InChI is InChI=1S/C18H21NO2S/c1-11-6-7-15(16(20)8-11)19-9-13-14(12-4-2-3-5-12)10-22-17(13)18(19)21/h10,12,15H,1-9H2/t15-/m0/s1. The molecule has 1 amide bonds. The van der Waals surface area contributed by atoms with Crippen LogP contribution < -0.4 is 0 Å². The number of amides is 1. The number of carbonyl (C=O) groups excluding carboxylic acids is 2. The smallest absolute Gasteiger partial charge is 0.265 e. The molecule has 2 aliphatic carbocycles. The van der Waals surface area contributed by atoms with Crippen LogP contribution in [0.4, 0.5) is 0 Å². The molecule has 1 aromatic heterocycles. The molecular formula is C18H21NO2S. The molecule has 0 spiro atoms. The number of hydrogen-bond acceptors (Lipinski definition) is 3. The third kappa shape index (κ3) is 2.16. The first-order chi connectivity index (χ1) is 10.6. The molecule has 2 fully saturated rings. The van der Waals surface area contributed by atoms with Crippen molar-refractivity contribution in [2.24, 2.45) is 0 Å². The van der Waals surface area contributed by atoms with Crippen LogP contribution in [0.5, 0.6) is 0 Å². The van der Waals surface area contributed by atoms with E-state index < -0.39 is 0 Å². The van der Waals surface area contributed by atoms with Gasteiger partial charge in [0.25, 0.3) is 5.91 Å². The summed E-state index contributed by atoms with van der Waals surface area (Å²) >= 11 is 1.58. The molecule has 0 bridgehead atoms. The average molecular weight is 315 g/mol. The Kier molecular flexibility index (Phi) is 3.44. The van der Waals surface area contributed by atoms with Gasteiger partial charge in [0.05, 0.1) is 10.9 Å². The number of fused-ring (bicyclic) bond motifs is 1. The summed E-state index contributed by atoms with van der Waals surface area (Å²) in [5.41, 5.74) is 3.62. The van der Waals surface area contributed by atoms with Crippen LogP contribution in [0.1, 0.15) is 71.7 Å². The predicted octanol–water partition coefficient (Wildman–Crippen LogP) is 4.04. The minimum absolute atomic E-state index is 0.0788. The maximum atomic E-state index is 12.7. The van der Waals surface area contributed by atoms with Gasteiger partial charge in [0, 0.05) is 13.0 Å². The number of ketones is 1. The van der Waals surface area contributed by atoms with Crippen molar-refractivity contribution in [2.75, 3.05) is 0 Å². The summed E-state index contributed by atoms with van der Waals surface area (Å²) in [6.07, 6.45) is 7.16. The SMILES string of the molecule is C=C1CC[C@H](N2Cc3c(C4CCCC4)csc3C2=O)C(=O)C1. The summed E-state index contributed by atoms with van der Waals surface area (Å²) in [7, 11) is 0. The van der Waals surface area contributed by atoms with Gasteiger partial charge in [0.1, 0.15) is 0 Å². The van der Waals surface area contributed by atoms with Gasteiger partial charge >= 0.3 is 0 Å². The van der Waals surface area contributed by atoms with E-state index in [1.807, 2.05) is 4.90 Å². The van der Waals surface area contributed by atoms with E-state index in [1.54, 1.807) is 11.3 Å². The largest absolute Gasteiger partial charge is 0.323 e. The van der Waals surface area contributed by atoms with Crippen LogP contribution in [-0.2, 0) is 11.3 Å². The van der Waals surface area contributed by atoms with Gasteiger partial charge < -0.3 is 4.90 Å². The van der Waals surface area contributed by atoms with E-state index in [9.17, 15) is 9.59 Å². The summed E-state index contributed by atoms with van der Waals surface area (Å²) in [4.78, 5) is 27.7. The van der Waals surface area contributed by atoms with Gasteiger partial charge in [0.2, 0.25) is 0 Å². The van der Waals surface area contributed by atoms with Gasteiger partial charge in [-0.05, 0) is 48.1 Å². The van der Waals surface area contributed by atoms with Gasteiger partial charge in [-0.3, -0.25) is 9.59 Å². The normalized spacial score (nSPS) is 26.1. The van der Waals surface area contributed by atoms with Gasteiger partial charge in [-0.1, -0.05) is 25.0 Å². The highest BCUT2D eigenvalue weighted by Gasteiger charge is 2.40. The fraction of sp³-hybridized carbons (Fsp3) is 0.556. The Labute approximate surface area is 135 Å². The number of rotatable bonds is 2. The molecule has 1 aliphatic heterocycles. The monoisotopic (exact) mass is 315 g/mol. The van der Waals surface area contributed by atoms with Crippen LogP contribution in [-0.4, -0.2) is 22.6 Å². The van der Waals surface area contributed by atoms with E-state index in [4.69, 9.17) is 0 Å². The lowest BCUT2D eigenvalue weighted by Gasteiger charge is -2.30. The Morgan fingerprint density at radius 3 is 2.68 bits per heavy atom. The van der Waals surface area contributed by atoms with E-state index >= 15 is 0 Å². The van der Waals surface area contributed by atoms with E-state index in [-0.39, 0.29) is 17.7 Å². The van der Waals surface area contributed by atoms with Gasteiger partial charge in [0.15, 0.2) is 5.78 Å². The summed E-state index contributed by atoms with van der Waals surface area (Å²) in [5, 5.41) is 2.19. The number of allylic oxidation sites excluding steroid dienone is 1. The second kappa shape index (κ2) is 5.34. The number of carbonyl (C=O) groups is 2. The fourth-order valence-electron chi connectivity index (χ4n) is 4.23. The van der Waals surface area contributed by atoms with Crippen LogP contribution in [0.15, 0.2) is 17.5 Å². The first kappa shape index (κ1) is 14.2.